The molecule has 0 radical (unpaired) electrons. The maximum absolute atomic E-state index is 11.1. The van der Waals surface area contributed by atoms with Crippen LogP contribution in [0.4, 0.5) is 0 Å². The lowest BCUT2D eigenvalue weighted by Gasteiger charge is -2.45. The molecule has 28 heavy (non-hydrogen) atoms. The lowest BCUT2D eigenvalue weighted by Crippen LogP contribution is -2.65. The Morgan fingerprint density at radius 1 is 0.429 bits per heavy atom. The molecule has 0 heterocycles. The fraction of sp³-hybridized carbons (Fsp3) is 1.00. The molecule has 6 atom stereocenters. The summed E-state index contributed by atoms with van der Waals surface area (Å²) >= 11 is 0. The van der Waals surface area contributed by atoms with Crippen molar-refractivity contribution in [2.75, 3.05) is 0 Å². The highest BCUT2D eigenvalue weighted by Crippen LogP contribution is 2.52. The highest BCUT2D eigenvalue weighted by atomic mass is 31.2. The van der Waals surface area contributed by atoms with Crippen LogP contribution in [0.15, 0.2) is 0 Å². The van der Waals surface area contributed by atoms with Gasteiger partial charge in [0, 0.05) is 0 Å². The van der Waals surface area contributed by atoms with Gasteiger partial charge in [-0.2, -0.15) is 0 Å². The summed E-state index contributed by atoms with van der Waals surface area (Å²) in [4.78, 5) is 71.0. The van der Waals surface area contributed by atoms with Crippen molar-refractivity contribution in [1.82, 2.24) is 0 Å². The Morgan fingerprint density at radius 2 is 0.643 bits per heavy atom. The molecule has 18 nitrogen and oxygen atoms in total. The van der Waals surface area contributed by atoms with Gasteiger partial charge in [0.1, 0.15) is 36.6 Å². The van der Waals surface area contributed by atoms with E-state index in [1.54, 1.807) is 0 Å². The van der Waals surface area contributed by atoms with E-state index in [1.807, 2.05) is 0 Å². The monoisotopic (exact) mass is 500 g/mol. The van der Waals surface area contributed by atoms with E-state index in [4.69, 9.17) is 39.1 Å². The summed E-state index contributed by atoms with van der Waals surface area (Å²) in [6.07, 6.45) is -15.9. The Bertz CT molecular complexity index is 688. The molecule has 3 unspecified atom stereocenters. The van der Waals surface area contributed by atoms with Crippen molar-refractivity contribution < 1.29 is 85.7 Å². The van der Waals surface area contributed by atoms with Crippen molar-refractivity contribution in [3.8, 4) is 0 Å². The Kier molecular flexibility index (Phi) is 8.34. The summed E-state index contributed by atoms with van der Waals surface area (Å²) in [5.41, 5.74) is 0. The van der Waals surface area contributed by atoms with E-state index in [0.717, 1.165) is 0 Å². The predicted molar refractivity (Wildman–Crippen MR) is 79.7 cm³/mol. The Balaban J connectivity index is 3.50. The molecule has 0 saturated heterocycles. The van der Waals surface area contributed by atoms with Crippen LogP contribution in [0.25, 0.3) is 0 Å². The minimum Gasteiger partial charge on any atom is -0.387 e. The van der Waals surface area contributed by atoms with Crippen molar-refractivity contribution in [3.63, 3.8) is 0 Å². The SMILES string of the molecule is O=P(O)(O)OC1C(OP(=O)(O)O)[C@@H](OP(=O)(O)O)[C@@H](O)C(OP(=O)(O)O)[C@@H]1O. The third-order valence-corrected chi connectivity index (χ3v) is 5.10. The van der Waals surface area contributed by atoms with E-state index in [2.05, 4.69) is 18.1 Å². The van der Waals surface area contributed by atoms with E-state index in [9.17, 15) is 28.5 Å². The van der Waals surface area contributed by atoms with Gasteiger partial charge in [-0.1, -0.05) is 0 Å². The van der Waals surface area contributed by atoms with Crippen LogP contribution in [0.3, 0.4) is 0 Å². The highest BCUT2D eigenvalue weighted by Gasteiger charge is 2.58. The van der Waals surface area contributed by atoms with E-state index in [-0.39, 0.29) is 0 Å². The van der Waals surface area contributed by atoms with Crippen LogP contribution in [0.1, 0.15) is 0 Å². The van der Waals surface area contributed by atoms with Gasteiger partial charge in [-0.25, -0.2) is 18.3 Å². The second-order valence-electron chi connectivity index (χ2n) is 5.22. The second-order valence-corrected chi connectivity index (χ2v) is 9.99. The maximum Gasteiger partial charge on any atom is 0.470 e. The van der Waals surface area contributed by atoms with E-state index in [1.165, 1.54) is 0 Å². The van der Waals surface area contributed by atoms with Gasteiger partial charge in [0.2, 0.25) is 0 Å². The first kappa shape index (κ1) is 26.4. The van der Waals surface area contributed by atoms with Gasteiger partial charge >= 0.3 is 31.3 Å². The van der Waals surface area contributed by atoms with Gasteiger partial charge in [-0.3, -0.25) is 18.1 Å². The van der Waals surface area contributed by atoms with Crippen LogP contribution in [0, 0.1) is 0 Å². The van der Waals surface area contributed by atoms with Gasteiger partial charge in [0.25, 0.3) is 0 Å². The van der Waals surface area contributed by atoms with Gasteiger partial charge in [0.15, 0.2) is 0 Å². The Hall–Kier alpha value is 0.360. The predicted octanol–water partition coefficient (Wildman–Crippen LogP) is -3.37. The maximum atomic E-state index is 11.1. The van der Waals surface area contributed by atoms with E-state index >= 15 is 0 Å². The number of aliphatic hydroxyl groups is 2. The van der Waals surface area contributed by atoms with Crippen molar-refractivity contribution in [2.45, 2.75) is 36.6 Å². The number of phosphoric ester groups is 4. The zero-order valence-electron chi connectivity index (χ0n) is 13.0. The first-order valence-electron chi connectivity index (χ1n) is 6.52. The highest BCUT2D eigenvalue weighted by molar-refractivity contribution is 7.47. The molecule has 0 aliphatic heterocycles. The number of rotatable bonds is 8. The molecule has 1 aliphatic rings. The number of hydrogen-bond donors (Lipinski definition) is 10. The molecule has 1 fully saturated rings. The molecule has 1 rings (SSSR count). The van der Waals surface area contributed by atoms with E-state index < -0.39 is 67.9 Å². The molecule has 22 heteroatoms. The molecule has 10 N–H and O–H groups in total. The number of hydrogen-bond acceptors (Lipinski definition) is 10. The molecular formula is C6H16O18P4. The Morgan fingerprint density at radius 3 is 0.893 bits per heavy atom. The molecule has 1 aliphatic carbocycles. The summed E-state index contributed by atoms with van der Waals surface area (Å²) < 4.78 is 60.5. The molecule has 0 spiro atoms. The summed E-state index contributed by atoms with van der Waals surface area (Å²) in [6.45, 7) is 0. The summed E-state index contributed by atoms with van der Waals surface area (Å²) in [6, 6.07) is 0. The molecule has 0 aromatic rings. The fourth-order valence-electron chi connectivity index (χ4n) is 2.28. The van der Waals surface area contributed by atoms with Crippen molar-refractivity contribution in [2.24, 2.45) is 0 Å². The van der Waals surface area contributed by atoms with Gasteiger partial charge < -0.3 is 49.4 Å². The lowest BCUT2D eigenvalue weighted by molar-refractivity contribution is -0.208. The van der Waals surface area contributed by atoms with Crippen molar-refractivity contribution in [3.05, 3.63) is 0 Å². The van der Waals surface area contributed by atoms with Crippen LogP contribution >= 0.6 is 31.3 Å². The van der Waals surface area contributed by atoms with Crippen LogP contribution < -0.4 is 0 Å². The topological polar surface area (TPSA) is 308 Å². The Labute approximate surface area is 154 Å². The summed E-state index contributed by atoms with van der Waals surface area (Å²) in [5, 5.41) is 20.1. The molecule has 0 amide bonds. The lowest BCUT2D eigenvalue weighted by atomic mass is 9.85. The number of aliphatic hydroxyl groups excluding tert-OH is 2. The van der Waals surface area contributed by atoms with Crippen molar-refractivity contribution in [1.29, 1.82) is 0 Å². The van der Waals surface area contributed by atoms with Gasteiger partial charge in [-0.05, 0) is 0 Å². The average molecular weight is 500 g/mol. The molecule has 0 aromatic carbocycles. The fourth-order valence-corrected chi connectivity index (χ4v) is 4.52. The van der Waals surface area contributed by atoms with Crippen LogP contribution in [0.5, 0.6) is 0 Å². The standard InChI is InChI=1S/C6H16O18P4/c7-1-3(21-25(9,10)11)2(8)5(23-27(15,16)17)6(24-28(18,19)20)4(1)22-26(12,13)14/h1-8H,(H2,9,10,11)(H2,12,13,14)(H2,15,16,17)(H2,18,19,20)/t1-,2-,3?,4-,5?,6?/m0/s1. The molecule has 1 saturated carbocycles. The zero-order valence-corrected chi connectivity index (χ0v) is 16.6. The first-order valence-corrected chi connectivity index (χ1v) is 12.6. The third-order valence-electron chi connectivity index (χ3n) is 3.03. The zero-order chi connectivity index (χ0) is 22.3. The van der Waals surface area contributed by atoms with Gasteiger partial charge in [-0.15, -0.1) is 0 Å². The van der Waals surface area contributed by atoms with E-state index in [0.29, 0.717) is 0 Å². The molecule has 168 valence electrons. The normalized spacial score (nSPS) is 33.1. The number of phosphoric acid groups is 4. The molecule has 0 bridgehead atoms. The molecular weight excluding hydrogens is 484 g/mol. The minimum absolute atomic E-state index is 2.56. The summed E-state index contributed by atoms with van der Waals surface area (Å²) in [7, 11) is -22.4. The van der Waals surface area contributed by atoms with Crippen LogP contribution in [0.2, 0.25) is 0 Å². The minimum atomic E-state index is -5.64. The average Bonchev–Trinajstić information content (AvgIpc) is 2.39. The first-order chi connectivity index (χ1) is 12.2. The third kappa shape index (κ3) is 8.62. The largest absolute Gasteiger partial charge is 0.470 e. The van der Waals surface area contributed by atoms with Crippen LogP contribution in [-0.4, -0.2) is 86.0 Å². The molecule has 0 aromatic heterocycles. The van der Waals surface area contributed by atoms with Gasteiger partial charge in [0.05, 0.1) is 0 Å². The van der Waals surface area contributed by atoms with Crippen molar-refractivity contribution >= 4 is 31.3 Å². The second kappa shape index (κ2) is 8.85. The van der Waals surface area contributed by atoms with Crippen LogP contribution in [-0.2, 0) is 36.4 Å². The smallest absolute Gasteiger partial charge is 0.387 e. The quantitative estimate of drug-likeness (QED) is 0.145. The summed E-state index contributed by atoms with van der Waals surface area (Å²) in [5.74, 6) is 0.